The van der Waals surface area contributed by atoms with Crippen LogP contribution in [0.5, 0.6) is 0 Å². The summed E-state index contributed by atoms with van der Waals surface area (Å²) < 4.78 is 15.7. The lowest BCUT2D eigenvalue weighted by atomic mass is 9.98. The molecule has 2 heterocycles. The van der Waals surface area contributed by atoms with Gasteiger partial charge in [0, 0.05) is 11.6 Å². The molecule has 0 atom stereocenters. The Hall–Kier alpha value is -2.76. The lowest BCUT2D eigenvalue weighted by molar-refractivity contribution is 0.221. The number of benzene rings is 1. The number of nitrogens with two attached hydrogens (primary N) is 1. The van der Waals surface area contributed by atoms with Crippen LogP contribution >= 0.6 is 0 Å². The average Bonchev–Trinajstić information content (AvgIpc) is 2.47. The summed E-state index contributed by atoms with van der Waals surface area (Å²) in [7, 11) is 0. The summed E-state index contributed by atoms with van der Waals surface area (Å²) in [6.07, 6.45) is 1.65. The fourth-order valence-corrected chi connectivity index (χ4v) is 2.56. The Bertz CT molecular complexity index is 957. The number of aromatic nitrogens is 3. The highest BCUT2D eigenvalue weighted by atomic mass is 19.1. The van der Waals surface area contributed by atoms with Gasteiger partial charge < -0.3 is 5.73 Å². The maximum atomic E-state index is 14.3. The van der Waals surface area contributed by atoms with Crippen LogP contribution in [-0.2, 0) is 5.67 Å². The molecule has 0 fully saturated rings. The van der Waals surface area contributed by atoms with Crippen molar-refractivity contribution in [1.29, 1.82) is 0 Å². The SMILES string of the molecule is Cc1ncccc1-n1c(=O)nc(N)c2ccc(C(C)(C)F)cc21. The van der Waals surface area contributed by atoms with E-state index in [9.17, 15) is 9.18 Å². The summed E-state index contributed by atoms with van der Waals surface area (Å²) in [5.74, 6) is 0.131. The third kappa shape index (κ3) is 2.56. The number of halogens is 1. The van der Waals surface area contributed by atoms with E-state index in [1.54, 1.807) is 43.5 Å². The van der Waals surface area contributed by atoms with Gasteiger partial charge in [0.1, 0.15) is 11.5 Å². The molecule has 0 aliphatic carbocycles. The van der Waals surface area contributed by atoms with Crippen LogP contribution in [-0.4, -0.2) is 14.5 Å². The van der Waals surface area contributed by atoms with Gasteiger partial charge in [0.2, 0.25) is 0 Å². The number of anilines is 1. The van der Waals surface area contributed by atoms with Crippen molar-refractivity contribution in [3.05, 3.63) is 58.3 Å². The summed E-state index contributed by atoms with van der Waals surface area (Å²) >= 11 is 0. The van der Waals surface area contributed by atoms with E-state index in [1.807, 2.05) is 0 Å². The number of rotatable bonds is 2. The minimum atomic E-state index is -1.53. The molecule has 5 nitrogen and oxygen atoms in total. The lowest BCUT2D eigenvalue weighted by Crippen LogP contribution is -2.24. The van der Waals surface area contributed by atoms with Crippen molar-refractivity contribution in [3.8, 4) is 5.69 Å². The maximum absolute atomic E-state index is 14.3. The van der Waals surface area contributed by atoms with Crippen LogP contribution in [0.25, 0.3) is 16.6 Å². The quantitative estimate of drug-likeness (QED) is 0.789. The molecule has 23 heavy (non-hydrogen) atoms. The van der Waals surface area contributed by atoms with Gasteiger partial charge >= 0.3 is 5.69 Å². The summed E-state index contributed by atoms with van der Waals surface area (Å²) in [6.45, 7) is 4.74. The molecule has 6 heteroatoms. The summed E-state index contributed by atoms with van der Waals surface area (Å²) in [5.41, 5.74) is 6.08. The molecule has 0 aliphatic rings. The molecule has 0 amide bonds. The minimum absolute atomic E-state index is 0.131. The van der Waals surface area contributed by atoms with Gasteiger partial charge in [-0.3, -0.25) is 9.55 Å². The topological polar surface area (TPSA) is 73.8 Å². The molecule has 0 unspecified atom stereocenters. The molecule has 2 aromatic heterocycles. The summed E-state index contributed by atoms with van der Waals surface area (Å²) in [6, 6.07) is 8.50. The molecule has 0 aliphatic heterocycles. The second kappa shape index (κ2) is 5.15. The molecule has 3 rings (SSSR count). The first-order valence-electron chi connectivity index (χ1n) is 7.22. The number of nitrogen functional groups attached to an aromatic ring is 1. The molecule has 0 saturated carbocycles. The number of nitrogens with zero attached hydrogens (tertiary/aromatic N) is 3. The maximum Gasteiger partial charge on any atom is 0.354 e. The third-order valence-corrected chi connectivity index (χ3v) is 3.83. The smallest absolute Gasteiger partial charge is 0.354 e. The van der Waals surface area contributed by atoms with Gasteiger partial charge in [-0.05, 0) is 50.6 Å². The Morgan fingerprint density at radius 2 is 2.00 bits per heavy atom. The molecule has 118 valence electrons. The molecule has 2 N–H and O–H groups in total. The zero-order valence-corrected chi connectivity index (χ0v) is 13.2. The number of hydrogen-bond donors (Lipinski definition) is 1. The lowest BCUT2D eigenvalue weighted by Gasteiger charge is -2.18. The van der Waals surface area contributed by atoms with Gasteiger partial charge in [0.15, 0.2) is 0 Å². The largest absolute Gasteiger partial charge is 0.383 e. The monoisotopic (exact) mass is 312 g/mol. The van der Waals surface area contributed by atoms with Crippen molar-refractivity contribution in [2.75, 3.05) is 5.73 Å². The molecule has 0 saturated heterocycles. The molecule has 1 aromatic carbocycles. The van der Waals surface area contributed by atoms with E-state index in [0.717, 1.165) is 0 Å². The van der Waals surface area contributed by atoms with Crippen LogP contribution in [0.15, 0.2) is 41.3 Å². The summed E-state index contributed by atoms with van der Waals surface area (Å²) in [5, 5.41) is 0.598. The van der Waals surface area contributed by atoms with E-state index < -0.39 is 11.4 Å². The van der Waals surface area contributed by atoms with E-state index in [2.05, 4.69) is 9.97 Å². The van der Waals surface area contributed by atoms with Crippen LogP contribution in [0.3, 0.4) is 0 Å². The molecule has 3 aromatic rings. The predicted octanol–water partition coefficient (Wildman–Crippen LogP) is 2.88. The fraction of sp³-hybridized carbons (Fsp3) is 0.235. The van der Waals surface area contributed by atoms with E-state index in [-0.39, 0.29) is 5.82 Å². The van der Waals surface area contributed by atoms with Gasteiger partial charge in [0.05, 0.1) is 16.9 Å². The number of aryl methyl sites for hydroxylation is 1. The van der Waals surface area contributed by atoms with Gasteiger partial charge in [-0.15, -0.1) is 0 Å². The van der Waals surface area contributed by atoms with Crippen LogP contribution in [0, 0.1) is 6.92 Å². The second-order valence-electron chi connectivity index (χ2n) is 5.93. The fourth-order valence-electron chi connectivity index (χ4n) is 2.56. The normalized spacial score (nSPS) is 11.8. The van der Waals surface area contributed by atoms with Gasteiger partial charge in [-0.2, -0.15) is 4.98 Å². The van der Waals surface area contributed by atoms with E-state index >= 15 is 0 Å². The number of hydrogen-bond acceptors (Lipinski definition) is 4. The Kier molecular flexibility index (Phi) is 3.39. The van der Waals surface area contributed by atoms with Crippen LogP contribution in [0.4, 0.5) is 10.2 Å². The first-order valence-corrected chi connectivity index (χ1v) is 7.22. The first kappa shape index (κ1) is 15.1. The highest BCUT2D eigenvalue weighted by Crippen LogP contribution is 2.29. The van der Waals surface area contributed by atoms with Gasteiger partial charge in [-0.1, -0.05) is 6.07 Å². The highest BCUT2D eigenvalue weighted by Gasteiger charge is 2.21. The zero-order chi connectivity index (χ0) is 16.8. The molecule has 0 spiro atoms. The standard InChI is InChI=1S/C17H17FN4O/c1-10-13(5-4-8-20-10)22-14-9-11(17(2,3)18)6-7-12(14)15(19)21-16(22)23/h4-9H,1-3H3,(H2,19,21,23). The van der Waals surface area contributed by atoms with Crippen molar-refractivity contribution in [1.82, 2.24) is 14.5 Å². The van der Waals surface area contributed by atoms with Crippen molar-refractivity contribution >= 4 is 16.7 Å². The average molecular weight is 312 g/mol. The van der Waals surface area contributed by atoms with Gasteiger partial charge in [-0.25, -0.2) is 9.18 Å². The van der Waals surface area contributed by atoms with Crippen LogP contribution in [0.2, 0.25) is 0 Å². The van der Waals surface area contributed by atoms with Crippen molar-refractivity contribution in [2.45, 2.75) is 26.4 Å². The number of fused-ring (bicyclic) bond motifs is 1. The Morgan fingerprint density at radius 3 is 2.65 bits per heavy atom. The summed E-state index contributed by atoms with van der Waals surface area (Å²) in [4.78, 5) is 20.5. The van der Waals surface area contributed by atoms with Crippen molar-refractivity contribution in [2.24, 2.45) is 0 Å². The third-order valence-electron chi connectivity index (χ3n) is 3.83. The van der Waals surface area contributed by atoms with Crippen LogP contribution < -0.4 is 11.4 Å². The van der Waals surface area contributed by atoms with Crippen LogP contribution in [0.1, 0.15) is 25.1 Å². The van der Waals surface area contributed by atoms with E-state index in [0.29, 0.717) is 27.8 Å². The van der Waals surface area contributed by atoms with E-state index in [1.165, 1.54) is 18.4 Å². The zero-order valence-electron chi connectivity index (χ0n) is 13.2. The number of pyridine rings is 1. The highest BCUT2D eigenvalue weighted by molar-refractivity contribution is 5.89. The van der Waals surface area contributed by atoms with Gasteiger partial charge in [0.25, 0.3) is 0 Å². The molecule has 0 radical (unpaired) electrons. The molecular formula is C17H17FN4O. The Morgan fingerprint density at radius 1 is 1.26 bits per heavy atom. The minimum Gasteiger partial charge on any atom is -0.383 e. The predicted molar refractivity (Wildman–Crippen MR) is 88.4 cm³/mol. The Labute approximate surface area is 132 Å². The van der Waals surface area contributed by atoms with E-state index in [4.69, 9.17) is 5.73 Å². The molecular weight excluding hydrogens is 295 g/mol. The number of alkyl halides is 1. The Balaban J connectivity index is 2.46. The first-order chi connectivity index (χ1) is 10.8. The second-order valence-corrected chi connectivity index (χ2v) is 5.93. The molecule has 0 bridgehead atoms. The van der Waals surface area contributed by atoms with Crippen molar-refractivity contribution in [3.63, 3.8) is 0 Å². The van der Waals surface area contributed by atoms with Crippen molar-refractivity contribution < 1.29 is 4.39 Å².